The van der Waals surface area contributed by atoms with Crippen LogP contribution in [0.25, 0.3) is 0 Å². The fourth-order valence-corrected chi connectivity index (χ4v) is 2.37. The van der Waals surface area contributed by atoms with Crippen molar-refractivity contribution in [2.45, 2.75) is 51.1 Å². The number of rotatable bonds is 4. The monoisotopic (exact) mass is 221 g/mol. The third-order valence-electron chi connectivity index (χ3n) is 3.58. The first-order valence-electron chi connectivity index (χ1n) is 6.40. The van der Waals surface area contributed by atoms with Crippen LogP contribution in [0, 0.1) is 5.92 Å². The summed E-state index contributed by atoms with van der Waals surface area (Å²) in [5.74, 6) is 1.90. The molecule has 2 heterocycles. The molecule has 1 aliphatic heterocycles. The first-order chi connectivity index (χ1) is 7.92. The van der Waals surface area contributed by atoms with Crippen LogP contribution in [0.3, 0.4) is 0 Å². The van der Waals surface area contributed by atoms with E-state index in [0.29, 0.717) is 6.04 Å². The van der Waals surface area contributed by atoms with Crippen LogP contribution in [-0.4, -0.2) is 32.8 Å². The van der Waals surface area contributed by atoms with Gasteiger partial charge in [-0.3, -0.25) is 0 Å². The molecule has 1 aromatic heterocycles. The topological polar surface area (TPSA) is 55.6 Å². The third kappa shape index (κ3) is 2.40. The molecule has 3 rings (SSSR count). The Hall–Kier alpha value is -0.970. The second-order valence-electron chi connectivity index (χ2n) is 5.07. The van der Waals surface area contributed by atoms with Crippen molar-refractivity contribution in [3.63, 3.8) is 0 Å². The Balaban J connectivity index is 1.61. The molecule has 16 heavy (non-hydrogen) atoms. The fraction of sp³-hybridized carbons (Fsp3) is 0.909. The summed E-state index contributed by atoms with van der Waals surface area (Å²) < 4.78 is 2.01. The lowest BCUT2D eigenvalue weighted by Gasteiger charge is -2.22. The maximum Gasteiger partial charge on any atom is 0.152 e. The van der Waals surface area contributed by atoms with E-state index < -0.39 is 0 Å². The minimum atomic E-state index is 0.581. The smallest absolute Gasteiger partial charge is 0.152 e. The molecule has 0 spiro atoms. The Kier molecular flexibility index (Phi) is 2.86. The van der Waals surface area contributed by atoms with Crippen molar-refractivity contribution in [2.24, 2.45) is 5.92 Å². The summed E-state index contributed by atoms with van der Waals surface area (Å²) in [7, 11) is 0. The maximum atomic E-state index is 4.15. The quantitative estimate of drug-likeness (QED) is 0.816. The largest absolute Gasteiger partial charge is 0.314 e. The van der Waals surface area contributed by atoms with Gasteiger partial charge in [0.05, 0.1) is 0 Å². The van der Waals surface area contributed by atoms with Gasteiger partial charge in [0.2, 0.25) is 0 Å². The van der Waals surface area contributed by atoms with Crippen molar-refractivity contribution in [3.05, 3.63) is 5.82 Å². The molecule has 0 aromatic carbocycles. The molecule has 1 N–H and O–H groups in total. The van der Waals surface area contributed by atoms with Gasteiger partial charge in [0.15, 0.2) is 5.82 Å². The second-order valence-corrected chi connectivity index (χ2v) is 5.07. The van der Waals surface area contributed by atoms with E-state index in [2.05, 4.69) is 20.8 Å². The normalized spacial score (nSPS) is 25.9. The number of nitrogens with one attached hydrogen (secondary N) is 1. The van der Waals surface area contributed by atoms with Gasteiger partial charge in [0, 0.05) is 19.0 Å². The summed E-state index contributed by atoms with van der Waals surface area (Å²) in [6.45, 7) is 2.17. The number of tetrazole rings is 1. The molecule has 5 nitrogen and oxygen atoms in total. The first-order valence-corrected chi connectivity index (χ1v) is 6.40. The molecule has 2 aliphatic rings. The lowest BCUT2D eigenvalue weighted by atomic mass is 10.0. The van der Waals surface area contributed by atoms with Crippen LogP contribution >= 0.6 is 0 Å². The Morgan fingerprint density at radius 2 is 2.19 bits per heavy atom. The van der Waals surface area contributed by atoms with E-state index in [1.807, 2.05) is 4.68 Å². The lowest BCUT2D eigenvalue weighted by Crippen LogP contribution is -2.36. The van der Waals surface area contributed by atoms with E-state index in [9.17, 15) is 0 Å². The Morgan fingerprint density at radius 1 is 1.25 bits per heavy atom. The molecule has 5 heteroatoms. The fourth-order valence-electron chi connectivity index (χ4n) is 2.37. The molecule has 1 saturated heterocycles. The number of hydrogen-bond donors (Lipinski definition) is 1. The van der Waals surface area contributed by atoms with E-state index in [4.69, 9.17) is 0 Å². The molecule has 88 valence electrons. The number of piperidine rings is 1. The lowest BCUT2D eigenvalue weighted by molar-refractivity contribution is 0.385. The van der Waals surface area contributed by atoms with E-state index in [1.54, 1.807) is 0 Å². The Labute approximate surface area is 95.6 Å². The van der Waals surface area contributed by atoms with Gasteiger partial charge in [-0.15, -0.1) is 5.10 Å². The van der Waals surface area contributed by atoms with E-state index in [1.165, 1.54) is 32.1 Å². The zero-order chi connectivity index (χ0) is 10.8. The van der Waals surface area contributed by atoms with Crippen LogP contribution in [0.4, 0.5) is 0 Å². The predicted octanol–water partition coefficient (Wildman–Crippen LogP) is 0.768. The molecule has 0 amide bonds. The summed E-state index contributed by atoms with van der Waals surface area (Å²) in [5.41, 5.74) is 0. The zero-order valence-electron chi connectivity index (χ0n) is 9.60. The van der Waals surface area contributed by atoms with Crippen LogP contribution < -0.4 is 5.32 Å². The van der Waals surface area contributed by atoms with Crippen molar-refractivity contribution in [3.8, 4) is 0 Å². The van der Waals surface area contributed by atoms with Gasteiger partial charge in [-0.05, 0) is 48.6 Å². The maximum absolute atomic E-state index is 4.15. The second kappa shape index (κ2) is 4.49. The molecule has 1 aliphatic carbocycles. The van der Waals surface area contributed by atoms with Crippen LogP contribution in [0.5, 0.6) is 0 Å². The van der Waals surface area contributed by atoms with Crippen LogP contribution in [-0.2, 0) is 13.0 Å². The van der Waals surface area contributed by atoms with Gasteiger partial charge < -0.3 is 5.32 Å². The molecule has 1 aromatic rings. The molecule has 0 bridgehead atoms. The van der Waals surface area contributed by atoms with Crippen molar-refractivity contribution in [1.29, 1.82) is 0 Å². The number of hydrogen-bond acceptors (Lipinski definition) is 4. The standard InChI is InChI=1S/C11H19N5/c1-2-6-12-10(3-1)7-11-13-14-15-16(11)8-9-4-5-9/h9-10,12H,1-8H2. The van der Waals surface area contributed by atoms with E-state index in [0.717, 1.165) is 31.3 Å². The van der Waals surface area contributed by atoms with Crippen molar-refractivity contribution >= 4 is 0 Å². The van der Waals surface area contributed by atoms with Gasteiger partial charge in [0.25, 0.3) is 0 Å². The van der Waals surface area contributed by atoms with Gasteiger partial charge in [-0.2, -0.15) is 0 Å². The van der Waals surface area contributed by atoms with Crippen LogP contribution in [0.2, 0.25) is 0 Å². The van der Waals surface area contributed by atoms with Gasteiger partial charge in [0.1, 0.15) is 0 Å². The Morgan fingerprint density at radius 3 is 2.94 bits per heavy atom. The van der Waals surface area contributed by atoms with E-state index >= 15 is 0 Å². The average Bonchev–Trinajstić information content (AvgIpc) is 3.02. The highest BCUT2D eigenvalue weighted by atomic mass is 15.5. The van der Waals surface area contributed by atoms with Crippen molar-refractivity contribution in [1.82, 2.24) is 25.5 Å². The highest BCUT2D eigenvalue weighted by Crippen LogP contribution is 2.30. The minimum absolute atomic E-state index is 0.581. The molecule has 0 radical (unpaired) electrons. The predicted molar refractivity (Wildman–Crippen MR) is 59.9 cm³/mol. The molecular formula is C11H19N5. The van der Waals surface area contributed by atoms with Crippen LogP contribution in [0.15, 0.2) is 0 Å². The first kappa shape index (κ1) is 10.2. The highest BCUT2D eigenvalue weighted by molar-refractivity contribution is 4.90. The summed E-state index contributed by atoms with van der Waals surface area (Å²) >= 11 is 0. The SMILES string of the molecule is C1CCC(Cc2nnnn2CC2CC2)NC1. The summed E-state index contributed by atoms with van der Waals surface area (Å²) in [4.78, 5) is 0. The molecule has 2 fully saturated rings. The molecular weight excluding hydrogens is 202 g/mol. The molecule has 1 saturated carbocycles. The summed E-state index contributed by atoms with van der Waals surface area (Å²) in [6, 6.07) is 0.581. The average molecular weight is 221 g/mol. The Bertz CT molecular complexity index is 338. The van der Waals surface area contributed by atoms with Crippen molar-refractivity contribution in [2.75, 3.05) is 6.54 Å². The van der Waals surface area contributed by atoms with E-state index in [-0.39, 0.29) is 0 Å². The third-order valence-corrected chi connectivity index (χ3v) is 3.58. The van der Waals surface area contributed by atoms with Gasteiger partial charge in [-0.1, -0.05) is 6.42 Å². The minimum Gasteiger partial charge on any atom is -0.314 e. The van der Waals surface area contributed by atoms with Crippen LogP contribution in [0.1, 0.15) is 37.9 Å². The summed E-state index contributed by atoms with van der Waals surface area (Å²) in [6.07, 6.45) is 7.59. The highest BCUT2D eigenvalue weighted by Gasteiger charge is 2.24. The van der Waals surface area contributed by atoms with Crippen molar-refractivity contribution < 1.29 is 0 Å². The zero-order valence-corrected chi connectivity index (χ0v) is 9.60. The number of aromatic nitrogens is 4. The summed E-state index contributed by atoms with van der Waals surface area (Å²) in [5, 5.41) is 15.6. The molecule has 1 atom stereocenters. The van der Waals surface area contributed by atoms with Gasteiger partial charge >= 0.3 is 0 Å². The van der Waals surface area contributed by atoms with Gasteiger partial charge in [-0.25, -0.2) is 4.68 Å². The number of nitrogens with zero attached hydrogens (tertiary/aromatic N) is 4. The molecule has 1 unspecified atom stereocenters.